The minimum absolute atomic E-state index is 0.0218. The van der Waals surface area contributed by atoms with Crippen LogP contribution in [0.4, 0.5) is 15.8 Å². The Bertz CT molecular complexity index is 775. The lowest BCUT2D eigenvalue weighted by Crippen LogP contribution is -2.28. The molecule has 2 aromatic carbocycles. The van der Waals surface area contributed by atoms with Crippen LogP contribution in [-0.4, -0.2) is 18.4 Å². The molecule has 0 saturated carbocycles. The topological polar surface area (TPSA) is 70.2 Å². The number of carbonyl (C=O) groups is 2. The molecule has 0 bridgehead atoms. The van der Waals surface area contributed by atoms with E-state index in [2.05, 4.69) is 16.0 Å². The number of hydrogen-bond donors (Lipinski definition) is 3. The second-order valence-corrected chi connectivity index (χ2v) is 5.45. The average Bonchev–Trinajstić information content (AvgIpc) is 2.53. The fourth-order valence-corrected chi connectivity index (χ4v) is 2.51. The van der Waals surface area contributed by atoms with E-state index in [4.69, 9.17) is 11.6 Å². The van der Waals surface area contributed by atoms with Gasteiger partial charge in [0.2, 0.25) is 5.91 Å². The summed E-state index contributed by atoms with van der Waals surface area (Å²) in [5.74, 6) is -1.03. The number of fused-ring (bicyclic) bond motifs is 1. The predicted molar refractivity (Wildman–Crippen MR) is 86.1 cm³/mol. The molecule has 0 saturated heterocycles. The molecule has 3 rings (SSSR count). The van der Waals surface area contributed by atoms with Crippen molar-refractivity contribution in [1.82, 2.24) is 5.32 Å². The van der Waals surface area contributed by atoms with Crippen LogP contribution in [0.1, 0.15) is 15.9 Å². The van der Waals surface area contributed by atoms with Gasteiger partial charge in [-0.1, -0.05) is 17.7 Å². The first-order valence-electron chi connectivity index (χ1n) is 6.93. The van der Waals surface area contributed by atoms with Crippen LogP contribution in [-0.2, 0) is 11.3 Å². The lowest BCUT2D eigenvalue weighted by atomic mass is 10.1. The van der Waals surface area contributed by atoms with E-state index in [1.165, 1.54) is 12.1 Å². The van der Waals surface area contributed by atoms with Gasteiger partial charge < -0.3 is 16.0 Å². The number of carbonyl (C=O) groups excluding carboxylic acids is 2. The molecule has 5 nitrogen and oxygen atoms in total. The molecule has 0 spiro atoms. The first-order valence-corrected chi connectivity index (χ1v) is 7.31. The van der Waals surface area contributed by atoms with Gasteiger partial charge in [-0.25, -0.2) is 4.39 Å². The molecule has 0 fully saturated rings. The van der Waals surface area contributed by atoms with Gasteiger partial charge >= 0.3 is 0 Å². The highest BCUT2D eigenvalue weighted by Gasteiger charge is 2.16. The highest BCUT2D eigenvalue weighted by molar-refractivity contribution is 6.31. The smallest absolute Gasteiger partial charge is 0.251 e. The fraction of sp³-hybridized carbons (Fsp3) is 0.125. The zero-order valence-corrected chi connectivity index (χ0v) is 12.7. The van der Waals surface area contributed by atoms with Crippen molar-refractivity contribution in [2.75, 3.05) is 17.2 Å². The molecule has 3 N–H and O–H groups in total. The third kappa shape index (κ3) is 3.27. The van der Waals surface area contributed by atoms with E-state index >= 15 is 0 Å². The number of hydrogen-bond acceptors (Lipinski definition) is 3. The van der Waals surface area contributed by atoms with Crippen molar-refractivity contribution < 1.29 is 14.0 Å². The quantitative estimate of drug-likeness (QED) is 0.809. The van der Waals surface area contributed by atoms with Gasteiger partial charge in [0.15, 0.2) is 0 Å². The summed E-state index contributed by atoms with van der Waals surface area (Å²) in [7, 11) is 0. The summed E-state index contributed by atoms with van der Waals surface area (Å²) >= 11 is 5.92. The lowest BCUT2D eigenvalue weighted by Gasteiger charge is -2.19. The molecule has 0 unspecified atom stereocenters. The number of amides is 2. The molecule has 2 aromatic rings. The standard InChI is InChI=1S/C16H13ClFN3O2/c17-11-2-1-3-12(18)10(11)7-20-16(23)9-4-5-13-14(6-9)21-15(22)8-19-13/h1-6,19H,7-8H2,(H,20,23)(H,21,22). The third-order valence-corrected chi connectivity index (χ3v) is 3.84. The van der Waals surface area contributed by atoms with Crippen LogP contribution in [0.25, 0.3) is 0 Å². The summed E-state index contributed by atoms with van der Waals surface area (Å²) in [5, 5.41) is 8.50. The fourth-order valence-electron chi connectivity index (χ4n) is 2.28. The molecule has 7 heteroatoms. The van der Waals surface area contributed by atoms with Crippen molar-refractivity contribution in [3.05, 3.63) is 58.4 Å². The highest BCUT2D eigenvalue weighted by Crippen LogP contribution is 2.26. The molecule has 0 aromatic heterocycles. The second kappa shape index (κ2) is 6.26. The number of rotatable bonds is 3. The Kier molecular flexibility index (Phi) is 4.16. The SMILES string of the molecule is O=C1CNc2ccc(C(=O)NCc3c(F)cccc3Cl)cc2N1. The maximum absolute atomic E-state index is 13.7. The van der Waals surface area contributed by atoms with Crippen LogP contribution < -0.4 is 16.0 Å². The summed E-state index contributed by atoms with van der Waals surface area (Å²) in [4.78, 5) is 23.6. The van der Waals surface area contributed by atoms with Crippen molar-refractivity contribution in [2.24, 2.45) is 0 Å². The van der Waals surface area contributed by atoms with Gasteiger partial charge in [-0.05, 0) is 30.3 Å². The maximum Gasteiger partial charge on any atom is 0.251 e. The van der Waals surface area contributed by atoms with E-state index in [0.717, 1.165) is 5.69 Å². The number of benzene rings is 2. The molecule has 118 valence electrons. The Labute approximate surface area is 136 Å². The monoisotopic (exact) mass is 333 g/mol. The van der Waals surface area contributed by atoms with Crippen LogP contribution in [0.15, 0.2) is 36.4 Å². The zero-order valence-electron chi connectivity index (χ0n) is 12.0. The molecular formula is C16H13ClFN3O2. The predicted octanol–water partition coefficient (Wildman–Crippen LogP) is 2.77. The van der Waals surface area contributed by atoms with Gasteiger partial charge in [0.05, 0.1) is 17.9 Å². The van der Waals surface area contributed by atoms with Gasteiger partial charge in [-0.15, -0.1) is 0 Å². The first kappa shape index (κ1) is 15.3. The largest absolute Gasteiger partial charge is 0.374 e. The van der Waals surface area contributed by atoms with E-state index in [1.54, 1.807) is 24.3 Å². The van der Waals surface area contributed by atoms with Crippen LogP contribution in [0.3, 0.4) is 0 Å². The average molecular weight is 334 g/mol. The van der Waals surface area contributed by atoms with Crippen molar-refractivity contribution in [1.29, 1.82) is 0 Å². The second-order valence-electron chi connectivity index (χ2n) is 5.04. The summed E-state index contributed by atoms with van der Waals surface area (Å²) in [6, 6.07) is 9.25. The van der Waals surface area contributed by atoms with Crippen LogP contribution in [0, 0.1) is 5.82 Å². The zero-order chi connectivity index (χ0) is 16.4. The minimum atomic E-state index is -0.472. The molecule has 0 atom stereocenters. The summed E-state index contributed by atoms with van der Waals surface area (Å²) in [6.07, 6.45) is 0. The lowest BCUT2D eigenvalue weighted by molar-refractivity contribution is -0.114. The van der Waals surface area contributed by atoms with Gasteiger partial charge in [-0.3, -0.25) is 9.59 Å². The normalized spacial score (nSPS) is 12.9. The van der Waals surface area contributed by atoms with Crippen LogP contribution >= 0.6 is 11.6 Å². The third-order valence-electron chi connectivity index (χ3n) is 3.48. The number of anilines is 2. The Morgan fingerprint density at radius 3 is 2.87 bits per heavy atom. The molecular weight excluding hydrogens is 321 g/mol. The van der Waals surface area contributed by atoms with Crippen molar-refractivity contribution in [2.45, 2.75) is 6.54 Å². The van der Waals surface area contributed by atoms with E-state index in [9.17, 15) is 14.0 Å². The van der Waals surface area contributed by atoms with E-state index in [0.29, 0.717) is 11.3 Å². The maximum atomic E-state index is 13.7. The van der Waals surface area contributed by atoms with Crippen LogP contribution in [0.2, 0.25) is 5.02 Å². The van der Waals surface area contributed by atoms with Crippen molar-refractivity contribution in [3.8, 4) is 0 Å². The molecule has 1 heterocycles. The van der Waals surface area contributed by atoms with Gasteiger partial charge in [0.1, 0.15) is 5.82 Å². The van der Waals surface area contributed by atoms with E-state index in [1.807, 2.05) is 0 Å². The van der Waals surface area contributed by atoms with Crippen LogP contribution in [0.5, 0.6) is 0 Å². The molecule has 0 aliphatic carbocycles. The Morgan fingerprint density at radius 2 is 2.09 bits per heavy atom. The summed E-state index contributed by atoms with van der Waals surface area (Å²) in [5.41, 5.74) is 1.88. The summed E-state index contributed by atoms with van der Waals surface area (Å²) < 4.78 is 13.7. The van der Waals surface area contributed by atoms with Gasteiger partial charge in [-0.2, -0.15) is 0 Å². The first-order chi connectivity index (χ1) is 11.0. The van der Waals surface area contributed by atoms with Crippen molar-refractivity contribution in [3.63, 3.8) is 0 Å². The van der Waals surface area contributed by atoms with Gasteiger partial charge in [0.25, 0.3) is 5.91 Å². The Balaban J connectivity index is 1.74. The Morgan fingerprint density at radius 1 is 1.26 bits per heavy atom. The molecule has 2 amide bonds. The molecule has 1 aliphatic rings. The van der Waals surface area contributed by atoms with Crippen molar-refractivity contribution >= 4 is 34.8 Å². The Hall–Kier alpha value is -2.60. The van der Waals surface area contributed by atoms with E-state index < -0.39 is 5.82 Å². The minimum Gasteiger partial charge on any atom is -0.374 e. The highest BCUT2D eigenvalue weighted by atomic mass is 35.5. The molecule has 23 heavy (non-hydrogen) atoms. The van der Waals surface area contributed by atoms with Gasteiger partial charge in [0, 0.05) is 22.7 Å². The molecule has 1 aliphatic heterocycles. The number of nitrogens with one attached hydrogen (secondary N) is 3. The summed E-state index contributed by atoms with van der Waals surface area (Å²) in [6.45, 7) is 0.177. The molecule has 0 radical (unpaired) electrons. The number of halogens is 2. The van der Waals surface area contributed by atoms with E-state index in [-0.39, 0.29) is 35.5 Å².